The molecule has 14 heavy (non-hydrogen) atoms. The number of hydrogen-bond acceptors (Lipinski definition) is 3. The maximum Gasteiger partial charge on any atom is 0.501 e. The van der Waals surface area contributed by atoms with Gasteiger partial charge in [0.05, 0.1) is 4.91 Å². The first-order chi connectivity index (χ1) is 6.18. The van der Waals surface area contributed by atoms with Crippen molar-refractivity contribution in [3.8, 4) is 0 Å². The number of Topliss-reactive ketones (excluding diaryl/α,β-unsaturated/α-hetero) is 1. The van der Waals surface area contributed by atoms with Crippen LogP contribution in [0.4, 0.5) is 13.2 Å². The molecule has 0 unspecified atom stereocenters. The van der Waals surface area contributed by atoms with Crippen LogP contribution in [-0.2, 0) is 14.6 Å². The molecule has 0 atom stereocenters. The van der Waals surface area contributed by atoms with Crippen LogP contribution in [0.3, 0.4) is 0 Å². The van der Waals surface area contributed by atoms with Gasteiger partial charge in [-0.3, -0.25) is 4.79 Å². The topological polar surface area (TPSA) is 51.2 Å². The fourth-order valence-electron chi connectivity index (χ4n) is 1.23. The van der Waals surface area contributed by atoms with Crippen LogP contribution >= 0.6 is 0 Å². The minimum absolute atomic E-state index is 0.156. The number of ketones is 1. The van der Waals surface area contributed by atoms with E-state index in [4.69, 9.17) is 0 Å². The number of alkyl halides is 3. The van der Waals surface area contributed by atoms with Crippen LogP contribution in [0.2, 0.25) is 0 Å². The Bertz CT molecular complexity index is 402. The number of halogens is 3. The maximum absolute atomic E-state index is 12.1. The SMILES string of the molecule is CC1=C(S(=O)(=O)C(F)(F)F)CCC1=O. The lowest BCUT2D eigenvalue weighted by molar-refractivity contribution is -0.114. The summed E-state index contributed by atoms with van der Waals surface area (Å²) in [5, 5.41) is 0. The Kier molecular flexibility index (Phi) is 2.47. The molecule has 0 fully saturated rings. The highest BCUT2D eigenvalue weighted by Gasteiger charge is 2.50. The zero-order valence-corrected chi connectivity index (χ0v) is 8.00. The third-order valence-electron chi connectivity index (χ3n) is 2.04. The van der Waals surface area contributed by atoms with E-state index in [9.17, 15) is 26.4 Å². The molecular weight excluding hydrogens is 221 g/mol. The summed E-state index contributed by atoms with van der Waals surface area (Å²) in [6.45, 7) is 1.11. The van der Waals surface area contributed by atoms with E-state index in [2.05, 4.69) is 0 Å². The van der Waals surface area contributed by atoms with Crippen molar-refractivity contribution >= 4 is 15.6 Å². The van der Waals surface area contributed by atoms with Gasteiger partial charge in [-0.2, -0.15) is 13.2 Å². The van der Waals surface area contributed by atoms with Crippen LogP contribution < -0.4 is 0 Å². The van der Waals surface area contributed by atoms with Crippen molar-refractivity contribution in [2.45, 2.75) is 25.3 Å². The molecule has 0 aromatic rings. The molecule has 0 aliphatic heterocycles. The van der Waals surface area contributed by atoms with Crippen molar-refractivity contribution in [2.75, 3.05) is 0 Å². The molecule has 0 heterocycles. The molecule has 1 aliphatic carbocycles. The summed E-state index contributed by atoms with van der Waals surface area (Å²) in [6, 6.07) is 0. The van der Waals surface area contributed by atoms with E-state index in [0.29, 0.717) is 0 Å². The first-order valence-electron chi connectivity index (χ1n) is 3.72. The molecule has 1 rings (SSSR count). The second-order valence-electron chi connectivity index (χ2n) is 2.92. The smallest absolute Gasteiger partial charge is 0.295 e. The molecule has 3 nitrogen and oxygen atoms in total. The second kappa shape index (κ2) is 3.08. The second-order valence-corrected chi connectivity index (χ2v) is 4.88. The van der Waals surface area contributed by atoms with Crippen molar-refractivity contribution in [2.24, 2.45) is 0 Å². The molecule has 0 saturated heterocycles. The highest BCUT2D eigenvalue weighted by molar-refractivity contribution is 7.96. The van der Waals surface area contributed by atoms with Crippen LogP contribution in [0.25, 0.3) is 0 Å². The van der Waals surface area contributed by atoms with Gasteiger partial charge in [0, 0.05) is 12.0 Å². The van der Waals surface area contributed by atoms with E-state index in [1.165, 1.54) is 0 Å². The van der Waals surface area contributed by atoms with Gasteiger partial charge < -0.3 is 0 Å². The highest BCUT2D eigenvalue weighted by Crippen LogP contribution is 2.36. The van der Waals surface area contributed by atoms with E-state index >= 15 is 0 Å². The lowest BCUT2D eigenvalue weighted by Crippen LogP contribution is -2.24. The van der Waals surface area contributed by atoms with E-state index < -0.39 is 26.0 Å². The number of rotatable bonds is 1. The summed E-state index contributed by atoms with van der Waals surface area (Å²) in [4.78, 5) is 10.1. The van der Waals surface area contributed by atoms with Gasteiger partial charge in [0.15, 0.2) is 5.78 Å². The van der Waals surface area contributed by atoms with Crippen molar-refractivity contribution < 1.29 is 26.4 Å². The summed E-state index contributed by atoms with van der Waals surface area (Å²) in [6.07, 6.45) is -0.497. The Balaban J connectivity index is 3.27. The van der Waals surface area contributed by atoms with Gasteiger partial charge in [-0.1, -0.05) is 0 Å². The predicted molar refractivity (Wildman–Crippen MR) is 41.9 cm³/mol. The number of carbonyl (C=O) groups is 1. The van der Waals surface area contributed by atoms with Crippen LogP contribution in [0.15, 0.2) is 10.5 Å². The van der Waals surface area contributed by atoms with Crippen molar-refractivity contribution in [1.29, 1.82) is 0 Å². The molecule has 0 N–H and O–H groups in total. The Labute approximate surface area is 78.5 Å². The zero-order chi connectivity index (χ0) is 11.1. The van der Waals surface area contributed by atoms with Crippen molar-refractivity contribution in [1.82, 2.24) is 0 Å². The average Bonchev–Trinajstić information content (AvgIpc) is 2.30. The molecule has 0 saturated carbocycles. The summed E-state index contributed by atoms with van der Waals surface area (Å²) in [5.74, 6) is -0.534. The minimum Gasteiger partial charge on any atom is -0.295 e. The molecule has 0 radical (unpaired) electrons. The average molecular weight is 228 g/mol. The zero-order valence-electron chi connectivity index (χ0n) is 7.18. The van der Waals surface area contributed by atoms with Crippen LogP contribution in [0.1, 0.15) is 19.8 Å². The highest BCUT2D eigenvalue weighted by atomic mass is 32.2. The predicted octanol–water partition coefficient (Wildman–Crippen LogP) is 1.56. The van der Waals surface area contributed by atoms with Crippen molar-refractivity contribution in [3.05, 3.63) is 10.5 Å². The molecule has 0 aromatic carbocycles. The molecule has 0 bridgehead atoms. The van der Waals surface area contributed by atoms with Crippen LogP contribution in [0.5, 0.6) is 0 Å². The van der Waals surface area contributed by atoms with Gasteiger partial charge in [0.1, 0.15) is 0 Å². The Morgan fingerprint density at radius 2 is 1.71 bits per heavy atom. The Morgan fingerprint density at radius 3 is 2.00 bits per heavy atom. The van der Waals surface area contributed by atoms with Gasteiger partial charge in [-0.05, 0) is 13.3 Å². The standard InChI is InChI=1S/C7H7F3O3S/c1-4-5(11)2-3-6(4)14(12,13)7(8,9)10/h2-3H2,1H3. The fourth-order valence-corrected chi connectivity index (χ4v) is 2.40. The van der Waals surface area contributed by atoms with Gasteiger partial charge in [0.2, 0.25) is 0 Å². The molecule has 7 heteroatoms. The van der Waals surface area contributed by atoms with Gasteiger partial charge in [0.25, 0.3) is 9.84 Å². The van der Waals surface area contributed by atoms with Gasteiger partial charge >= 0.3 is 5.51 Å². The van der Waals surface area contributed by atoms with Crippen molar-refractivity contribution in [3.63, 3.8) is 0 Å². The fraction of sp³-hybridized carbons (Fsp3) is 0.571. The monoisotopic (exact) mass is 228 g/mol. The molecule has 1 aliphatic rings. The van der Waals surface area contributed by atoms with Crippen LogP contribution in [-0.4, -0.2) is 19.7 Å². The lowest BCUT2D eigenvalue weighted by Gasteiger charge is -2.08. The molecule has 0 aromatic heterocycles. The maximum atomic E-state index is 12.1. The van der Waals surface area contributed by atoms with Gasteiger partial charge in [-0.15, -0.1) is 0 Å². The summed E-state index contributed by atoms with van der Waals surface area (Å²) >= 11 is 0. The first kappa shape index (κ1) is 11.2. The molecular formula is C7H7F3O3S. The Morgan fingerprint density at radius 1 is 1.21 bits per heavy atom. The molecule has 0 amide bonds. The third-order valence-corrected chi connectivity index (χ3v) is 3.81. The van der Waals surface area contributed by atoms with E-state index in [1.807, 2.05) is 0 Å². The van der Waals surface area contributed by atoms with Crippen LogP contribution in [0, 0.1) is 0 Å². The molecule has 0 spiro atoms. The summed E-state index contributed by atoms with van der Waals surface area (Å²) < 4.78 is 57.9. The quantitative estimate of drug-likeness (QED) is 0.684. The minimum atomic E-state index is -5.31. The lowest BCUT2D eigenvalue weighted by atomic mass is 10.2. The third kappa shape index (κ3) is 1.56. The number of sulfone groups is 1. The number of allylic oxidation sites excluding steroid dienone is 2. The first-order valence-corrected chi connectivity index (χ1v) is 5.20. The summed E-state index contributed by atoms with van der Waals surface area (Å²) in [5.41, 5.74) is -5.60. The van der Waals surface area contributed by atoms with E-state index in [-0.39, 0.29) is 18.4 Å². The molecule has 80 valence electrons. The normalized spacial score (nSPS) is 19.3. The Hall–Kier alpha value is -0.850. The van der Waals surface area contributed by atoms with E-state index in [0.717, 1.165) is 6.92 Å². The van der Waals surface area contributed by atoms with E-state index in [1.54, 1.807) is 0 Å². The number of carbonyl (C=O) groups excluding carboxylic acids is 1. The summed E-state index contributed by atoms with van der Waals surface area (Å²) in [7, 11) is -5.30. The number of hydrogen-bond donors (Lipinski definition) is 0. The largest absolute Gasteiger partial charge is 0.501 e. The van der Waals surface area contributed by atoms with Gasteiger partial charge in [-0.25, -0.2) is 8.42 Å².